The summed E-state index contributed by atoms with van der Waals surface area (Å²) in [6, 6.07) is 20.9. The fraction of sp³-hybridized carbons (Fsp3) is 0.345. The smallest absolute Gasteiger partial charge is 0.307 e. The van der Waals surface area contributed by atoms with Crippen LogP contribution in [0.4, 0.5) is 5.69 Å². The quantitative estimate of drug-likeness (QED) is 0.373. The van der Waals surface area contributed by atoms with Gasteiger partial charge in [-0.05, 0) is 83.0 Å². The van der Waals surface area contributed by atoms with Crippen molar-refractivity contribution in [2.75, 3.05) is 25.1 Å². The molecule has 182 valence electrons. The largest absolute Gasteiger partial charge is 0.491 e. The third-order valence-corrected chi connectivity index (χ3v) is 6.70. The van der Waals surface area contributed by atoms with Crippen LogP contribution in [0.5, 0.6) is 5.75 Å². The van der Waals surface area contributed by atoms with E-state index in [9.17, 15) is 4.79 Å². The van der Waals surface area contributed by atoms with Gasteiger partial charge in [-0.3, -0.25) is 4.79 Å². The number of rotatable bonds is 10. The van der Waals surface area contributed by atoms with Crippen LogP contribution in [0.1, 0.15) is 41.5 Å². The number of aliphatic carboxylic acids is 1. The molecule has 0 aromatic heterocycles. The molecule has 6 heteroatoms. The van der Waals surface area contributed by atoms with Crippen LogP contribution in [0.2, 0.25) is 0 Å². The zero-order valence-electron chi connectivity index (χ0n) is 20.0. The molecule has 2 atom stereocenters. The number of carboxylic acids is 1. The van der Waals surface area contributed by atoms with Crippen LogP contribution in [0, 0.1) is 5.92 Å². The minimum atomic E-state index is -0.697. The van der Waals surface area contributed by atoms with Crippen LogP contribution < -0.4 is 10.1 Å². The molecule has 35 heavy (non-hydrogen) atoms. The maximum atomic E-state index is 11.1. The molecule has 0 radical (unpaired) electrons. The van der Waals surface area contributed by atoms with Crippen LogP contribution in [0.15, 0.2) is 60.7 Å². The lowest BCUT2D eigenvalue weighted by atomic mass is 9.94. The number of ether oxygens (including phenoxy) is 3. The van der Waals surface area contributed by atoms with Gasteiger partial charge < -0.3 is 24.6 Å². The summed E-state index contributed by atoms with van der Waals surface area (Å²) in [4.78, 5) is 11.1. The van der Waals surface area contributed by atoms with E-state index in [-0.39, 0.29) is 11.8 Å². The van der Waals surface area contributed by atoms with Crippen LogP contribution in [0.25, 0.3) is 11.1 Å². The zero-order chi connectivity index (χ0) is 24.2. The lowest BCUT2D eigenvalue weighted by Gasteiger charge is -2.14. The van der Waals surface area contributed by atoms with Crippen LogP contribution in [-0.4, -0.2) is 30.9 Å². The van der Waals surface area contributed by atoms with Crippen LogP contribution in [0.3, 0.4) is 0 Å². The van der Waals surface area contributed by atoms with Gasteiger partial charge in [-0.15, -0.1) is 0 Å². The number of anilines is 1. The molecule has 0 spiro atoms. The Kier molecular flexibility index (Phi) is 7.02. The molecule has 3 aromatic rings. The SMILES string of the molecule is CCOCCOc1ccc2c(c1)COCc1ccc(CNc3ccc(C4CC4C(=O)O)cc3)cc1-2. The van der Waals surface area contributed by atoms with E-state index in [0.29, 0.717) is 39.6 Å². The molecule has 2 aliphatic rings. The highest BCUT2D eigenvalue weighted by atomic mass is 16.5. The molecule has 1 saturated carbocycles. The summed E-state index contributed by atoms with van der Waals surface area (Å²) >= 11 is 0. The van der Waals surface area contributed by atoms with Crippen molar-refractivity contribution in [3.8, 4) is 16.9 Å². The van der Waals surface area contributed by atoms with E-state index in [1.165, 1.54) is 22.3 Å². The molecular formula is C29H31NO5. The van der Waals surface area contributed by atoms with Gasteiger partial charge in [-0.2, -0.15) is 0 Å². The first-order valence-corrected chi connectivity index (χ1v) is 12.2. The van der Waals surface area contributed by atoms with Crippen LogP contribution >= 0.6 is 0 Å². The number of fused-ring (bicyclic) bond motifs is 3. The summed E-state index contributed by atoms with van der Waals surface area (Å²) < 4.78 is 17.1. The minimum absolute atomic E-state index is 0.156. The highest BCUT2D eigenvalue weighted by molar-refractivity contribution is 5.75. The van der Waals surface area contributed by atoms with Gasteiger partial charge in [0.15, 0.2) is 0 Å². The maximum absolute atomic E-state index is 11.1. The van der Waals surface area contributed by atoms with E-state index in [0.717, 1.165) is 29.0 Å². The van der Waals surface area contributed by atoms with E-state index < -0.39 is 5.97 Å². The Morgan fingerprint density at radius 2 is 1.83 bits per heavy atom. The number of nitrogens with one attached hydrogen (secondary N) is 1. The number of carboxylic acid groups (broad SMARTS) is 1. The summed E-state index contributed by atoms with van der Waals surface area (Å²) in [7, 11) is 0. The van der Waals surface area contributed by atoms with Gasteiger partial charge in [0.25, 0.3) is 0 Å². The number of hydrogen-bond acceptors (Lipinski definition) is 5. The van der Waals surface area contributed by atoms with E-state index in [4.69, 9.17) is 19.3 Å². The average molecular weight is 474 g/mol. The van der Waals surface area contributed by atoms with E-state index in [1.807, 2.05) is 37.3 Å². The topological polar surface area (TPSA) is 77.0 Å². The van der Waals surface area contributed by atoms with Gasteiger partial charge in [-0.25, -0.2) is 0 Å². The first kappa shape index (κ1) is 23.4. The molecule has 2 unspecified atom stereocenters. The van der Waals surface area contributed by atoms with Crippen molar-refractivity contribution in [3.63, 3.8) is 0 Å². The van der Waals surface area contributed by atoms with E-state index in [2.05, 4.69) is 35.6 Å². The van der Waals surface area contributed by atoms with Crippen molar-refractivity contribution in [1.82, 2.24) is 0 Å². The van der Waals surface area contributed by atoms with Gasteiger partial charge in [0.2, 0.25) is 0 Å². The molecule has 3 aromatic carbocycles. The second kappa shape index (κ2) is 10.5. The third-order valence-electron chi connectivity index (χ3n) is 6.70. The summed E-state index contributed by atoms with van der Waals surface area (Å²) in [6.07, 6.45) is 0.739. The first-order valence-electron chi connectivity index (χ1n) is 12.2. The summed E-state index contributed by atoms with van der Waals surface area (Å²) in [5.74, 6) is 0.0670. The molecule has 1 aliphatic carbocycles. The summed E-state index contributed by atoms with van der Waals surface area (Å²) in [6.45, 7) is 5.60. The van der Waals surface area contributed by atoms with Gasteiger partial charge >= 0.3 is 5.97 Å². The van der Waals surface area contributed by atoms with Crippen molar-refractivity contribution in [2.24, 2.45) is 5.92 Å². The molecule has 5 rings (SSSR count). The molecule has 1 aliphatic heterocycles. The van der Waals surface area contributed by atoms with E-state index in [1.54, 1.807) is 0 Å². The molecule has 0 amide bonds. The summed E-state index contributed by atoms with van der Waals surface area (Å²) in [5.41, 5.74) is 7.99. The van der Waals surface area contributed by atoms with Gasteiger partial charge in [0, 0.05) is 18.8 Å². The molecular weight excluding hydrogens is 442 g/mol. The second-order valence-electron chi connectivity index (χ2n) is 9.11. The predicted molar refractivity (Wildman–Crippen MR) is 135 cm³/mol. The normalized spacial score (nSPS) is 18.2. The Morgan fingerprint density at radius 1 is 1.00 bits per heavy atom. The van der Waals surface area contributed by atoms with Gasteiger partial charge in [0.1, 0.15) is 12.4 Å². The Hall–Kier alpha value is -3.35. The molecule has 1 fully saturated rings. The fourth-order valence-corrected chi connectivity index (χ4v) is 4.67. The minimum Gasteiger partial charge on any atom is -0.491 e. The fourth-order valence-electron chi connectivity index (χ4n) is 4.67. The van der Waals surface area contributed by atoms with Crippen molar-refractivity contribution in [3.05, 3.63) is 82.9 Å². The lowest BCUT2D eigenvalue weighted by molar-refractivity contribution is -0.138. The predicted octanol–water partition coefficient (Wildman–Crippen LogP) is 5.60. The second-order valence-corrected chi connectivity index (χ2v) is 9.11. The highest BCUT2D eigenvalue weighted by Crippen LogP contribution is 2.47. The summed E-state index contributed by atoms with van der Waals surface area (Å²) in [5, 5.41) is 12.6. The van der Waals surface area contributed by atoms with Gasteiger partial charge in [-0.1, -0.05) is 30.3 Å². The van der Waals surface area contributed by atoms with Crippen molar-refractivity contribution in [2.45, 2.75) is 39.0 Å². The maximum Gasteiger partial charge on any atom is 0.307 e. The first-order chi connectivity index (χ1) is 17.1. The lowest BCUT2D eigenvalue weighted by Crippen LogP contribution is -2.06. The Balaban J connectivity index is 1.26. The van der Waals surface area contributed by atoms with Crippen LogP contribution in [-0.2, 0) is 34.0 Å². The van der Waals surface area contributed by atoms with Gasteiger partial charge in [0.05, 0.1) is 25.7 Å². The Labute approximate surface area is 205 Å². The standard InChI is InChI=1S/C29H31NO5/c1-2-33-11-12-35-24-9-10-25-22(14-24)18-34-17-21-4-3-19(13-26(21)25)16-30-23-7-5-20(6-8-23)27-15-28(27)29(31)32/h3-10,13-14,27-28,30H,2,11-12,15-18H2,1H3,(H,31,32). The number of carbonyl (C=O) groups is 1. The molecule has 0 bridgehead atoms. The number of hydrogen-bond donors (Lipinski definition) is 2. The third kappa shape index (κ3) is 5.50. The molecule has 0 saturated heterocycles. The van der Waals surface area contributed by atoms with Crippen molar-refractivity contribution >= 4 is 11.7 Å². The Morgan fingerprint density at radius 3 is 2.60 bits per heavy atom. The molecule has 1 heterocycles. The zero-order valence-corrected chi connectivity index (χ0v) is 20.0. The average Bonchev–Trinajstić information content (AvgIpc) is 3.69. The van der Waals surface area contributed by atoms with Crippen molar-refractivity contribution < 1.29 is 24.1 Å². The monoisotopic (exact) mass is 473 g/mol. The molecule has 2 N–H and O–H groups in total. The highest BCUT2D eigenvalue weighted by Gasteiger charge is 2.43. The van der Waals surface area contributed by atoms with Crippen molar-refractivity contribution in [1.29, 1.82) is 0 Å². The van der Waals surface area contributed by atoms with E-state index >= 15 is 0 Å². The molecule has 6 nitrogen and oxygen atoms in total. The Bertz CT molecular complexity index is 1190. The number of benzene rings is 3.